The molecule has 18 heavy (non-hydrogen) atoms. The summed E-state index contributed by atoms with van der Waals surface area (Å²) < 4.78 is 2.20. The summed E-state index contributed by atoms with van der Waals surface area (Å²) in [6.45, 7) is 0. The first kappa shape index (κ1) is 16.4. The second-order valence-corrected chi connectivity index (χ2v) is 7.16. The summed E-state index contributed by atoms with van der Waals surface area (Å²) in [5, 5.41) is 0.613. The lowest BCUT2D eigenvalue weighted by Crippen LogP contribution is -1.69. The van der Waals surface area contributed by atoms with Crippen LogP contribution in [0.15, 0.2) is 67.3 Å². The lowest BCUT2D eigenvalue weighted by molar-refractivity contribution is 1.45. The van der Waals surface area contributed by atoms with E-state index in [1.54, 1.807) is 11.8 Å². The van der Waals surface area contributed by atoms with E-state index in [0.29, 0.717) is 5.21 Å². The first-order chi connectivity index (χ1) is 8.61. The second kappa shape index (κ2) is 9.32. The highest BCUT2D eigenvalue weighted by Gasteiger charge is 1.90. The molecule has 5 heteroatoms. The van der Waals surface area contributed by atoms with Crippen molar-refractivity contribution in [2.45, 2.75) is 9.79 Å². The normalized spacial score (nSPS) is 9.56. The summed E-state index contributed by atoms with van der Waals surface area (Å²) in [5.41, 5.74) is 0. The molecule has 0 saturated heterocycles. The van der Waals surface area contributed by atoms with E-state index < -0.39 is 0 Å². The van der Waals surface area contributed by atoms with Gasteiger partial charge in [0, 0.05) is 18.7 Å². The van der Waals surface area contributed by atoms with Crippen LogP contribution in [0.5, 0.6) is 0 Å². The van der Waals surface area contributed by atoms with E-state index in [1.807, 2.05) is 48.5 Å². The number of hydrogen-bond acceptors (Lipinski definition) is 2. The third-order valence-electron chi connectivity index (χ3n) is 1.86. The number of thioether (sulfide) groups is 1. The molecule has 0 nitrogen and oxygen atoms in total. The number of halogens is 3. The van der Waals surface area contributed by atoms with E-state index in [2.05, 4.69) is 44.5 Å². The molecule has 0 aliphatic rings. The van der Waals surface area contributed by atoms with Crippen LogP contribution in [0.2, 0.25) is 0 Å². The summed E-state index contributed by atoms with van der Waals surface area (Å²) in [4.78, 5) is 2.20. The molecule has 0 aliphatic heterocycles. The number of rotatable bonds is 2. The Morgan fingerprint density at radius 3 is 1.78 bits per heavy atom. The zero-order valence-corrected chi connectivity index (χ0v) is 15.0. The van der Waals surface area contributed by atoms with Crippen LogP contribution < -0.4 is 0 Å². The first-order valence-corrected chi connectivity index (χ1v) is 8.56. The number of hydrogen-bond donors (Lipinski definition) is 1. The lowest BCUT2D eigenvalue weighted by Gasteiger charge is -1.95. The van der Waals surface area contributed by atoms with E-state index in [4.69, 9.17) is 11.6 Å². The van der Waals surface area contributed by atoms with E-state index >= 15 is 0 Å². The maximum absolute atomic E-state index is 5.53. The molecule has 0 fully saturated rings. The van der Waals surface area contributed by atoms with Crippen molar-refractivity contribution in [1.82, 2.24) is 0 Å². The maximum Gasteiger partial charge on any atom is 0.0727 e. The zero-order valence-electron chi connectivity index (χ0n) is 10.3. The fourth-order valence-corrected chi connectivity index (χ4v) is 2.55. The van der Waals surface area contributed by atoms with Crippen molar-refractivity contribution < 1.29 is 1.43 Å². The van der Waals surface area contributed by atoms with Crippen LogP contribution in [0.25, 0.3) is 0 Å². The van der Waals surface area contributed by atoms with Crippen LogP contribution in [0.3, 0.4) is 0 Å². The van der Waals surface area contributed by atoms with Crippen molar-refractivity contribution in [2.24, 2.45) is 0 Å². The maximum atomic E-state index is 5.53. The third-order valence-corrected chi connectivity index (χ3v) is 4.26. The van der Waals surface area contributed by atoms with Gasteiger partial charge in [-0.25, -0.2) is 0 Å². The van der Waals surface area contributed by atoms with Gasteiger partial charge in [0.2, 0.25) is 0 Å². The highest BCUT2D eigenvalue weighted by molar-refractivity contribution is 9.10. The Morgan fingerprint density at radius 2 is 1.39 bits per heavy atom. The molecule has 2 aromatic rings. The minimum atomic E-state index is 0. The summed E-state index contributed by atoms with van der Waals surface area (Å²) >= 11 is 17.9. The van der Waals surface area contributed by atoms with Gasteiger partial charge in [-0.15, -0.1) is 36.0 Å². The van der Waals surface area contributed by atoms with Crippen molar-refractivity contribution in [3.8, 4) is 0 Å². The van der Waals surface area contributed by atoms with E-state index in [1.165, 1.54) is 4.90 Å². The molecule has 0 aromatic heterocycles. The van der Waals surface area contributed by atoms with Gasteiger partial charge in [-0.1, -0.05) is 31.9 Å². The Kier molecular flexibility index (Phi) is 8.51. The molecule has 0 N–H and O–H groups in total. The monoisotopic (exact) mass is 426 g/mol. The Morgan fingerprint density at radius 1 is 0.944 bits per heavy atom. The van der Waals surface area contributed by atoms with Crippen LogP contribution >= 0.6 is 67.9 Å². The summed E-state index contributed by atoms with van der Waals surface area (Å²) in [7, 11) is 0. The third kappa shape index (κ3) is 7.10. The average Bonchev–Trinajstić information content (AvgIpc) is 2.37. The van der Waals surface area contributed by atoms with E-state index in [9.17, 15) is 0 Å². The number of alkyl halides is 1. The Hall–Kier alpha value is 0.390. The molecule has 2 rings (SSSR count). The first-order valence-electron chi connectivity index (χ1n) is 5.00. The molecular weight excluding hydrogens is 416 g/mol. The lowest BCUT2D eigenvalue weighted by atomic mass is 10.4. The topological polar surface area (TPSA) is 0 Å². The van der Waals surface area contributed by atoms with Gasteiger partial charge in [0.1, 0.15) is 0 Å². The molecule has 0 spiro atoms. The number of benzene rings is 2. The van der Waals surface area contributed by atoms with E-state index in [0.717, 1.165) is 13.8 Å². The minimum Gasteiger partial charge on any atom is -1.00 e. The second-order valence-electron chi connectivity index (χ2n) is 3.18. The molecule has 0 radical (unpaired) electrons. The van der Waals surface area contributed by atoms with Crippen molar-refractivity contribution in [3.05, 3.63) is 57.5 Å². The van der Waals surface area contributed by atoms with Gasteiger partial charge < -0.3 is 1.43 Å². The molecular formula is C13H12Br2ClS2-. The molecule has 0 aliphatic carbocycles. The highest BCUT2D eigenvalue weighted by Crippen LogP contribution is 2.20. The summed E-state index contributed by atoms with van der Waals surface area (Å²) in [6, 6.07) is 15.9. The molecule has 0 unspecified atom stereocenters. The van der Waals surface area contributed by atoms with Gasteiger partial charge in [0.05, 0.1) is 5.21 Å². The van der Waals surface area contributed by atoms with Crippen molar-refractivity contribution in [2.75, 3.05) is 5.21 Å². The van der Waals surface area contributed by atoms with Crippen LogP contribution in [0.1, 0.15) is 1.43 Å². The van der Waals surface area contributed by atoms with Crippen LogP contribution in [0.4, 0.5) is 0 Å². The Bertz CT molecular complexity index is 442. The average molecular weight is 429 g/mol. The Labute approximate surface area is 141 Å². The quantitative estimate of drug-likeness (QED) is 0.320. The van der Waals surface area contributed by atoms with Gasteiger partial charge in [0.15, 0.2) is 0 Å². The van der Waals surface area contributed by atoms with Crippen molar-refractivity contribution >= 4 is 67.9 Å². The Balaban J connectivity index is 0.000000331. The number of thiol groups is 1. The molecule has 98 valence electrons. The molecule has 0 amide bonds. The smallest absolute Gasteiger partial charge is 0.0727 e. The van der Waals surface area contributed by atoms with E-state index in [-0.39, 0.29) is 1.43 Å². The molecule has 0 atom stereocenters. The van der Waals surface area contributed by atoms with Gasteiger partial charge >= 0.3 is 0 Å². The fraction of sp³-hybridized carbons (Fsp3) is 0.0769. The molecule has 0 heterocycles. The molecule has 0 bridgehead atoms. The molecule has 0 saturated carbocycles. The van der Waals surface area contributed by atoms with Crippen molar-refractivity contribution in [1.29, 1.82) is 0 Å². The van der Waals surface area contributed by atoms with Crippen LogP contribution in [-0.2, 0) is 0 Å². The SMILES string of the molecule is ClCSc1ccc(Br)cc1.Sc1ccc(Br)cc1.[2H-]. The predicted octanol–water partition coefficient (Wildman–Crippen LogP) is 6.59. The fourth-order valence-electron chi connectivity index (χ4n) is 1.03. The largest absolute Gasteiger partial charge is 1.00 e. The summed E-state index contributed by atoms with van der Waals surface area (Å²) in [5.74, 6) is 0. The van der Waals surface area contributed by atoms with Gasteiger partial charge in [-0.05, 0) is 48.5 Å². The minimum absolute atomic E-state index is 0. The zero-order chi connectivity index (χ0) is 13.4. The van der Waals surface area contributed by atoms with Crippen LogP contribution in [-0.4, -0.2) is 5.21 Å². The van der Waals surface area contributed by atoms with Crippen LogP contribution in [0, 0.1) is 0 Å². The van der Waals surface area contributed by atoms with Crippen molar-refractivity contribution in [3.63, 3.8) is 0 Å². The van der Waals surface area contributed by atoms with Gasteiger partial charge in [-0.2, -0.15) is 0 Å². The predicted molar refractivity (Wildman–Crippen MR) is 93.2 cm³/mol. The molecule has 2 aromatic carbocycles. The van der Waals surface area contributed by atoms with Gasteiger partial charge in [-0.3, -0.25) is 0 Å². The van der Waals surface area contributed by atoms with Gasteiger partial charge in [0.25, 0.3) is 0 Å². The highest BCUT2D eigenvalue weighted by atomic mass is 79.9. The summed E-state index contributed by atoms with van der Waals surface area (Å²) in [6.07, 6.45) is 0. The standard InChI is InChI=1S/C7H6BrClS.C6H5BrS.H/c8-6-1-3-7(4-2-6)10-5-9;7-5-1-3-6(8)4-2-5;/h1-4H,5H2;1-4,8H;/q;;-1/i;;1+1.